The van der Waals surface area contributed by atoms with E-state index in [2.05, 4.69) is 15.0 Å². The van der Waals surface area contributed by atoms with Gasteiger partial charge in [-0.25, -0.2) is 0 Å². The van der Waals surface area contributed by atoms with E-state index in [1.807, 2.05) is 0 Å². The van der Waals surface area contributed by atoms with E-state index in [1.54, 1.807) is 0 Å². The Kier molecular flexibility index (Phi) is 3.98. The highest BCUT2D eigenvalue weighted by atomic mass is 16.5. The topological polar surface area (TPSA) is 77.4 Å². The van der Waals surface area contributed by atoms with Crippen molar-refractivity contribution < 1.29 is 9.26 Å². The standard InChI is InChI=1S/C13H22N4O2/c14-9-10-5-6-11(18-10)12-15-13(16-19-12)17-7-3-1-2-4-8-17/h10-11H,1-9,14H2. The molecule has 2 saturated heterocycles. The number of hydrogen-bond acceptors (Lipinski definition) is 6. The molecule has 6 heteroatoms. The van der Waals surface area contributed by atoms with Crippen molar-refractivity contribution in [3.05, 3.63) is 5.89 Å². The number of aromatic nitrogens is 2. The van der Waals surface area contributed by atoms with Crippen molar-refractivity contribution >= 4 is 5.95 Å². The third-order valence-electron chi connectivity index (χ3n) is 3.97. The Morgan fingerprint density at radius 2 is 1.95 bits per heavy atom. The normalized spacial score (nSPS) is 28.6. The number of rotatable bonds is 3. The predicted molar refractivity (Wildman–Crippen MR) is 70.9 cm³/mol. The molecule has 1 aromatic rings. The molecule has 2 aliphatic rings. The summed E-state index contributed by atoms with van der Waals surface area (Å²) in [6.45, 7) is 2.61. The zero-order valence-corrected chi connectivity index (χ0v) is 11.3. The first-order valence-corrected chi connectivity index (χ1v) is 7.31. The minimum Gasteiger partial charge on any atom is -0.364 e. The zero-order valence-electron chi connectivity index (χ0n) is 11.3. The average molecular weight is 266 g/mol. The van der Waals surface area contributed by atoms with Gasteiger partial charge in [-0.05, 0) is 30.8 Å². The van der Waals surface area contributed by atoms with E-state index in [4.69, 9.17) is 15.0 Å². The molecule has 19 heavy (non-hydrogen) atoms. The number of ether oxygens (including phenoxy) is 1. The Morgan fingerprint density at radius 1 is 1.16 bits per heavy atom. The van der Waals surface area contributed by atoms with Gasteiger partial charge in [-0.3, -0.25) is 0 Å². The van der Waals surface area contributed by atoms with Crippen LogP contribution in [0.25, 0.3) is 0 Å². The fourth-order valence-electron chi connectivity index (χ4n) is 2.82. The van der Waals surface area contributed by atoms with Gasteiger partial charge in [-0.15, -0.1) is 0 Å². The van der Waals surface area contributed by atoms with Crippen LogP contribution < -0.4 is 10.6 Å². The van der Waals surface area contributed by atoms with E-state index >= 15 is 0 Å². The fraction of sp³-hybridized carbons (Fsp3) is 0.846. The Balaban J connectivity index is 1.65. The summed E-state index contributed by atoms with van der Waals surface area (Å²) in [5, 5.41) is 4.11. The van der Waals surface area contributed by atoms with Gasteiger partial charge in [0.25, 0.3) is 11.8 Å². The van der Waals surface area contributed by atoms with Gasteiger partial charge in [0.1, 0.15) is 6.10 Å². The van der Waals surface area contributed by atoms with Crippen LogP contribution in [0.15, 0.2) is 4.52 Å². The molecular formula is C13H22N4O2. The lowest BCUT2D eigenvalue weighted by molar-refractivity contribution is 0.0307. The largest absolute Gasteiger partial charge is 0.364 e. The minimum atomic E-state index is -0.0678. The SMILES string of the molecule is NCC1CCC(c2nc(N3CCCCCC3)no2)O1. The molecule has 2 aliphatic heterocycles. The van der Waals surface area contributed by atoms with Crippen LogP contribution in [0.4, 0.5) is 5.95 Å². The maximum atomic E-state index is 5.78. The van der Waals surface area contributed by atoms with E-state index in [1.165, 1.54) is 25.7 Å². The maximum absolute atomic E-state index is 5.78. The van der Waals surface area contributed by atoms with Crippen molar-refractivity contribution in [1.82, 2.24) is 10.1 Å². The molecule has 0 radical (unpaired) electrons. The van der Waals surface area contributed by atoms with Crippen molar-refractivity contribution in [2.75, 3.05) is 24.5 Å². The average Bonchev–Trinajstić information content (AvgIpc) is 3.02. The number of hydrogen-bond donors (Lipinski definition) is 1. The summed E-state index contributed by atoms with van der Waals surface area (Å²) < 4.78 is 11.1. The predicted octanol–water partition coefficient (Wildman–Crippen LogP) is 1.63. The Morgan fingerprint density at radius 3 is 2.63 bits per heavy atom. The monoisotopic (exact) mass is 266 g/mol. The first-order valence-electron chi connectivity index (χ1n) is 7.31. The summed E-state index contributed by atoms with van der Waals surface area (Å²) >= 11 is 0. The lowest BCUT2D eigenvalue weighted by Crippen LogP contribution is -2.25. The summed E-state index contributed by atoms with van der Waals surface area (Å²) in [7, 11) is 0. The van der Waals surface area contributed by atoms with Gasteiger partial charge in [0.15, 0.2) is 0 Å². The van der Waals surface area contributed by atoms with Gasteiger partial charge >= 0.3 is 0 Å². The smallest absolute Gasteiger partial charge is 0.266 e. The molecule has 3 heterocycles. The first-order chi connectivity index (χ1) is 9.36. The van der Waals surface area contributed by atoms with E-state index < -0.39 is 0 Å². The molecule has 0 bridgehead atoms. The second-order valence-electron chi connectivity index (χ2n) is 5.39. The maximum Gasteiger partial charge on any atom is 0.266 e. The molecule has 0 amide bonds. The lowest BCUT2D eigenvalue weighted by Gasteiger charge is -2.16. The van der Waals surface area contributed by atoms with Crippen LogP contribution >= 0.6 is 0 Å². The van der Waals surface area contributed by atoms with Gasteiger partial charge < -0.3 is 19.9 Å². The van der Waals surface area contributed by atoms with Gasteiger partial charge in [0.2, 0.25) is 0 Å². The molecular weight excluding hydrogens is 244 g/mol. The van der Waals surface area contributed by atoms with Gasteiger partial charge in [0, 0.05) is 19.6 Å². The highest BCUT2D eigenvalue weighted by molar-refractivity contribution is 5.28. The lowest BCUT2D eigenvalue weighted by atomic mass is 10.2. The second kappa shape index (κ2) is 5.88. The summed E-state index contributed by atoms with van der Waals surface area (Å²) in [5.41, 5.74) is 5.61. The quantitative estimate of drug-likeness (QED) is 0.896. The van der Waals surface area contributed by atoms with Gasteiger partial charge in [-0.1, -0.05) is 12.8 Å². The number of nitrogens with two attached hydrogens (primary N) is 1. The van der Waals surface area contributed by atoms with Crippen LogP contribution in [0.1, 0.15) is 50.5 Å². The molecule has 2 atom stereocenters. The zero-order chi connectivity index (χ0) is 13.1. The van der Waals surface area contributed by atoms with E-state index in [9.17, 15) is 0 Å². The Bertz CT molecular complexity index is 401. The fourth-order valence-corrected chi connectivity index (χ4v) is 2.82. The van der Waals surface area contributed by atoms with Crippen molar-refractivity contribution in [3.63, 3.8) is 0 Å². The third-order valence-corrected chi connectivity index (χ3v) is 3.97. The summed E-state index contributed by atoms with van der Waals surface area (Å²) in [6, 6.07) is 0. The Hall–Kier alpha value is -1.14. The molecule has 106 valence electrons. The van der Waals surface area contributed by atoms with Gasteiger partial charge in [-0.2, -0.15) is 4.98 Å². The molecule has 0 aliphatic carbocycles. The molecule has 1 aromatic heterocycles. The first kappa shape index (κ1) is 12.9. The molecule has 0 saturated carbocycles. The van der Waals surface area contributed by atoms with Crippen LogP contribution in [0, 0.1) is 0 Å². The van der Waals surface area contributed by atoms with E-state index in [0.717, 1.165) is 31.9 Å². The number of anilines is 1. The molecule has 2 fully saturated rings. The van der Waals surface area contributed by atoms with Crippen molar-refractivity contribution in [1.29, 1.82) is 0 Å². The van der Waals surface area contributed by atoms with Crippen molar-refractivity contribution in [2.24, 2.45) is 5.73 Å². The third kappa shape index (κ3) is 2.90. The van der Waals surface area contributed by atoms with Crippen molar-refractivity contribution in [3.8, 4) is 0 Å². The van der Waals surface area contributed by atoms with E-state index in [0.29, 0.717) is 12.4 Å². The van der Waals surface area contributed by atoms with Crippen LogP contribution in [0.2, 0.25) is 0 Å². The van der Waals surface area contributed by atoms with Crippen LogP contribution in [-0.2, 0) is 4.74 Å². The second-order valence-corrected chi connectivity index (χ2v) is 5.39. The van der Waals surface area contributed by atoms with Gasteiger partial charge in [0.05, 0.1) is 6.10 Å². The molecule has 2 N–H and O–H groups in total. The van der Waals surface area contributed by atoms with Crippen LogP contribution in [-0.4, -0.2) is 35.9 Å². The van der Waals surface area contributed by atoms with E-state index in [-0.39, 0.29) is 12.2 Å². The van der Waals surface area contributed by atoms with Crippen molar-refractivity contribution in [2.45, 2.75) is 50.7 Å². The number of nitrogens with zero attached hydrogens (tertiary/aromatic N) is 3. The Labute approximate surface area is 113 Å². The highest BCUT2D eigenvalue weighted by Gasteiger charge is 2.30. The summed E-state index contributed by atoms with van der Waals surface area (Å²) in [5.74, 6) is 1.33. The molecule has 6 nitrogen and oxygen atoms in total. The minimum absolute atomic E-state index is 0.0678. The molecule has 0 spiro atoms. The molecule has 0 aromatic carbocycles. The van der Waals surface area contributed by atoms with Crippen LogP contribution in [0.5, 0.6) is 0 Å². The molecule has 3 rings (SSSR count). The summed E-state index contributed by atoms with van der Waals surface area (Å²) in [6.07, 6.45) is 6.97. The summed E-state index contributed by atoms with van der Waals surface area (Å²) in [4.78, 5) is 6.73. The molecule has 2 unspecified atom stereocenters. The van der Waals surface area contributed by atoms with Crippen LogP contribution in [0.3, 0.4) is 0 Å². The highest BCUT2D eigenvalue weighted by Crippen LogP contribution is 2.32.